The summed E-state index contributed by atoms with van der Waals surface area (Å²) in [6, 6.07) is 8.01. The van der Waals surface area contributed by atoms with Gasteiger partial charge in [0.1, 0.15) is 5.75 Å². The highest BCUT2D eigenvalue weighted by Gasteiger charge is 2.58. The average molecular weight is 340 g/mol. The van der Waals surface area contributed by atoms with Gasteiger partial charge in [-0.2, -0.15) is 4.73 Å². The van der Waals surface area contributed by atoms with Crippen LogP contribution in [0.1, 0.15) is 37.9 Å². The number of pyridine rings is 1. The first-order chi connectivity index (χ1) is 12.1. The van der Waals surface area contributed by atoms with Crippen molar-refractivity contribution in [1.29, 1.82) is 0 Å². The van der Waals surface area contributed by atoms with Gasteiger partial charge < -0.3 is 14.7 Å². The molecule has 0 aliphatic carbocycles. The smallest absolute Gasteiger partial charge is 0.224 e. The molecule has 5 nitrogen and oxygen atoms in total. The fourth-order valence-electron chi connectivity index (χ4n) is 5.36. The van der Waals surface area contributed by atoms with Crippen molar-refractivity contribution in [1.82, 2.24) is 4.90 Å². The third-order valence-electron chi connectivity index (χ3n) is 6.73. The second-order valence-corrected chi connectivity index (χ2v) is 7.70. The Balaban J connectivity index is 1.65. The lowest BCUT2D eigenvalue weighted by Gasteiger charge is -2.64. The second-order valence-electron chi connectivity index (χ2n) is 7.70. The topological polar surface area (TPSA) is 48.6 Å². The van der Waals surface area contributed by atoms with E-state index in [0.29, 0.717) is 17.5 Å². The molecule has 0 radical (unpaired) electrons. The van der Waals surface area contributed by atoms with E-state index in [-0.39, 0.29) is 11.7 Å². The number of hydrogen-bond donors (Lipinski definition) is 0. The van der Waals surface area contributed by atoms with Crippen molar-refractivity contribution in [3.05, 3.63) is 41.2 Å². The molecule has 1 aromatic heterocycles. The summed E-state index contributed by atoms with van der Waals surface area (Å²) in [6.07, 6.45) is 5.15. The Hall–Kier alpha value is -1.85. The molecular formula is C20H24N2O3. The Morgan fingerprint density at radius 2 is 2.28 bits per heavy atom. The number of methoxy groups -OCH3 is 1. The molecule has 7 rings (SSSR count). The van der Waals surface area contributed by atoms with Gasteiger partial charge in [-0.15, -0.1) is 0 Å². The first-order valence-electron chi connectivity index (χ1n) is 9.27. The Morgan fingerprint density at radius 3 is 3.00 bits per heavy atom. The van der Waals surface area contributed by atoms with Gasteiger partial charge in [0.2, 0.25) is 5.52 Å². The van der Waals surface area contributed by atoms with Gasteiger partial charge in [-0.05, 0) is 43.9 Å². The van der Waals surface area contributed by atoms with Gasteiger partial charge in [-0.25, -0.2) is 0 Å². The van der Waals surface area contributed by atoms with Crippen molar-refractivity contribution in [2.24, 2.45) is 5.92 Å². The summed E-state index contributed by atoms with van der Waals surface area (Å²) < 4.78 is 13.1. The summed E-state index contributed by atoms with van der Waals surface area (Å²) in [5.41, 5.74) is 1.77. The highest BCUT2D eigenvalue weighted by molar-refractivity contribution is 5.81. The van der Waals surface area contributed by atoms with Crippen LogP contribution >= 0.6 is 0 Å². The van der Waals surface area contributed by atoms with Crippen LogP contribution in [0.25, 0.3) is 10.9 Å². The standard InChI is InChI=1S/C20H24N2O3/c1-3-20-12-21-8-6-13(20)10-18(21)19(25-20)15-7-9-22(23)17-5-4-14(24-2)11-16(15)17/h4-5,7,9,11,13,18-19H,3,6,8,10,12H2,1-2H3/t13?,18?,19-,20?/m0/s1. The van der Waals surface area contributed by atoms with E-state index in [0.717, 1.165) is 34.4 Å². The minimum atomic E-state index is -0.0217. The summed E-state index contributed by atoms with van der Waals surface area (Å²) in [7, 11) is 1.66. The number of nitrogens with zero attached hydrogens (tertiary/aromatic N) is 2. The van der Waals surface area contributed by atoms with Crippen molar-refractivity contribution >= 4 is 10.9 Å². The predicted molar refractivity (Wildman–Crippen MR) is 94.4 cm³/mol. The van der Waals surface area contributed by atoms with Crippen molar-refractivity contribution < 1.29 is 14.2 Å². The molecule has 5 heteroatoms. The zero-order valence-corrected chi connectivity index (χ0v) is 14.8. The molecule has 5 saturated heterocycles. The van der Waals surface area contributed by atoms with Crippen LogP contribution in [0.4, 0.5) is 0 Å². The maximum absolute atomic E-state index is 12.2. The zero-order valence-electron chi connectivity index (χ0n) is 14.8. The number of ether oxygens (including phenoxy) is 2. The molecule has 5 aliphatic rings. The van der Waals surface area contributed by atoms with Crippen LogP contribution in [0.3, 0.4) is 0 Å². The van der Waals surface area contributed by atoms with Gasteiger partial charge in [0.25, 0.3) is 0 Å². The molecule has 5 aliphatic heterocycles. The Bertz CT molecular complexity index is 839. The fourth-order valence-corrected chi connectivity index (χ4v) is 5.36. The van der Waals surface area contributed by atoms with Gasteiger partial charge in [0.15, 0.2) is 6.20 Å². The van der Waals surface area contributed by atoms with Crippen molar-refractivity contribution in [3.8, 4) is 5.75 Å². The molecule has 0 amide bonds. The number of aromatic nitrogens is 1. The SMILES string of the molecule is CCC12CN3CCC1CC3[C@H](c1cc[n+]([O-])c3ccc(OC)cc13)O2. The van der Waals surface area contributed by atoms with E-state index in [9.17, 15) is 5.21 Å². The molecule has 5 fully saturated rings. The third-order valence-corrected chi connectivity index (χ3v) is 6.73. The van der Waals surface area contributed by atoms with E-state index in [1.54, 1.807) is 13.3 Å². The number of piperidine rings is 3. The Labute approximate surface area is 147 Å². The van der Waals surface area contributed by atoms with E-state index in [2.05, 4.69) is 11.8 Å². The normalized spacial score (nSPS) is 36.1. The van der Waals surface area contributed by atoms with Crippen LogP contribution in [0.5, 0.6) is 5.75 Å². The molecule has 0 N–H and O–H groups in total. The van der Waals surface area contributed by atoms with E-state index >= 15 is 0 Å². The van der Waals surface area contributed by atoms with Crippen molar-refractivity contribution in [2.45, 2.75) is 43.9 Å². The lowest BCUT2D eigenvalue weighted by Crippen LogP contribution is -2.70. The molecule has 132 valence electrons. The molecule has 0 spiro atoms. The summed E-state index contributed by atoms with van der Waals surface area (Å²) in [5.74, 6) is 1.45. The minimum Gasteiger partial charge on any atom is -0.618 e. The molecule has 25 heavy (non-hydrogen) atoms. The summed E-state index contributed by atoms with van der Waals surface area (Å²) in [4.78, 5) is 2.61. The quantitative estimate of drug-likeness (QED) is 0.637. The third kappa shape index (κ3) is 2.06. The Kier molecular flexibility index (Phi) is 3.28. The van der Waals surface area contributed by atoms with E-state index in [4.69, 9.17) is 9.47 Å². The molecule has 6 heterocycles. The first kappa shape index (κ1) is 15.4. The summed E-state index contributed by atoms with van der Waals surface area (Å²) >= 11 is 0. The lowest BCUT2D eigenvalue weighted by molar-refractivity contribution is -0.577. The maximum Gasteiger partial charge on any atom is 0.224 e. The van der Waals surface area contributed by atoms with Gasteiger partial charge in [-0.1, -0.05) is 6.92 Å². The summed E-state index contributed by atoms with van der Waals surface area (Å²) in [6.45, 7) is 4.48. The number of benzene rings is 1. The molecule has 1 aromatic carbocycles. The maximum atomic E-state index is 12.2. The highest BCUT2D eigenvalue weighted by atomic mass is 16.5. The number of fused-ring (bicyclic) bond motifs is 3. The molecular weight excluding hydrogens is 316 g/mol. The summed E-state index contributed by atoms with van der Waals surface area (Å²) in [5, 5.41) is 13.2. The molecule has 5 atom stereocenters. The van der Waals surface area contributed by atoms with Crippen LogP contribution in [0.15, 0.2) is 30.5 Å². The zero-order chi connectivity index (χ0) is 17.2. The monoisotopic (exact) mass is 340 g/mol. The van der Waals surface area contributed by atoms with Crippen molar-refractivity contribution in [2.75, 3.05) is 20.2 Å². The molecule has 0 saturated carbocycles. The van der Waals surface area contributed by atoms with Crippen molar-refractivity contribution in [3.63, 3.8) is 0 Å². The average Bonchev–Trinajstić information content (AvgIpc) is 2.68. The molecule has 2 aromatic rings. The van der Waals surface area contributed by atoms with E-state index in [1.807, 2.05) is 24.3 Å². The molecule has 4 bridgehead atoms. The molecule has 4 unspecified atom stereocenters. The first-order valence-corrected chi connectivity index (χ1v) is 9.27. The second kappa shape index (κ2) is 5.32. The van der Waals surface area contributed by atoms with Gasteiger partial charge in [0.05, 0.1) is 24.2 Å². The Morgan fingerprint density at radius 1 is 1.40 bits per heavy atom. The minimum absolute atomic E-state index is 0.0217. The van der Waals surface area contributed by atoms with E-state index in [1.165, 1.54) is 19.4 Å². The van der Waals surface area contributed by atoms with Gasteiger partial charge >= 0.3 is 0 Å². The van der Waals surface area contributed by atoms with Crippen LogP contribution in [-0.2, 0) is 4.74 Å². The van der Waals surface area contributed by atoms with Crippen LogP contribution < -0.4 is 9.47 Å². The highest BCUT2D eigenvalue weighted by Crippen LogP contribution is 2.54. The van der Waals surface area contributed by atoms with Crippen LogP contribution in [0.2, 0.25) is 0 Å². The van der Waals surface area contributed by atoms with Gasteiger partial charge in [-0.3, -0.25) is 4.90 Å². The number of hydrogen-bond acceptors (Lipinski definition) is 4. The fraction of sp³-hybridized carbons (Fsp3) is 0.550. The van der Waals surface area contributed by atoms with Crippen LogP contribution in [0, 0.1) is 11.1 Å². The predicted octanol–water partition coefficient (Wildman–Crippen LogP) is 2.80. The van der Waals surface area contributed by atoms with Gasteiger partial charge in [0, 0.05) is 30.3 Å². The number of morpholine rings is 1. The van der Waals surface area contributed by atoms with E-state index < -0.39 is 0 Å². The number of rotatable bonds is 3. The van der Waals surface area contributed by atoms with Crippen LogP contribution in [-0.4, -0.2) is 36.7 Å². The largest absolute Gasteiger partial charge is 0.618 e. The lowest BCUT2D eigenvalue weighted by atomic mass is 9.66.